The molecule has 1 aliphatic rings. The van der Waals surface area contributed by atoms with Crippen LogP contribution in [0.4, 0.5) is 0 Å². The molecule has 12 atom stereocenters. The molecule has 0 spiro atoms. The first-order valence-corrected chi connectivity index (χ1v) is 32.7. The smallest absolute Gasteiger partial charge is 0.245 e. The Labute approximate surface area is 526 Å². The number of amides is 11. The van der Waals surface area contributed by atoms with E-state index in [4.69, 9.17) is 28.7 Å². The summed E-state index contributed by atoms with van der Waals surface area (Å²) in [6, 6.07) is -14.4. The van der Waals surface area contributed by atoms with Gasteiger partial charge in [-0.1, -0.05) is 124 Å². The van der Waals surface area contributed by atoms with Crippen LogP contribution in [0.25, 0.3) is 0 Å². The van der Waals surface area contributed by atoms with Gasteiger partial charge in [-0.15, -0.1) is 0 Å². The molecule has 11 amide bonds. The zero-order valence-electron chi connectivity index (χ0n) is 53.8. The van der Waals surface area contributed by atoms with Gasteiger partial charge in [0.05, 0.1) is 12.2 Å². The van der Waals surface area contributed by atoms with Crippen molar-refractivity contribution in [3.05, 3.63) is 0 Å². The van der Waals surface area contributed by atoms with Crippen molar-refractivity contribution in [2.24, 2.45) is 28.7 Å². The Hall–Kier alpha value is -6.11. The number of carbonyl (C=O) groups excluding carboxylic acids is 11. The molecule has 0 aliphatic carbocycles. The van der Waals surface area contributed by atoms with E-state index in [2.05, 4.69) is 79.3 Å². The zero-order chi connectivity index (χ0) is 66.7. The molecule has 29 nitrogen and oxygen atoms in total. The van der Waals surface area contributed by atoms with Gasteiger partial charge in [-0.2, -0.15) is 0 Å². The summed E-state index contributed by atoms with van der Waals surface area (Å²) in [4.78, 5) is 155. The minimum atomic E-state index is -1.69. The van der Waals surface area contributed by atoms with Crippen LogP contribution in [0, 0.1) is 0 Å². The van der Waals surface area contributed by atoms with E-state index in [1.54, 1.807) is 0 Å². The maximum absolute atomic E-state index is 14.6. The highest BCUT2D eigenvalue weighted by atomic mass is 16.3. The lowest BCUT2D eigenvalue weighted by Crippen LogP contribution is -2.62. The maximum Gasteiger partial charge on any atom is 0.245 e. The van der Waals surface area contributed by atoms with Crippen LogP contribution in [-0.4, -0.2) is 187 Å². The van der Waals surface area contributed by atoms with E-state index in [0.29, 0.717) is 25.7 Å². The Kier molecular flexibility index (Phi) is 43.4. The van der Waals surface area contributed by atoms with Crippen LogP contribution in [-0.2, 0) is 52.7 Å². The summed E-state index contributed by atoms with van der Waals surface area (Å²) in [5.41, 5.74) is 29.5. The topological polar surface area (TPSA) is 491 Å². The molecule has 0 radical (unpaired) electrons. The van der Waals surface area contributed by atoms with Crippen LogP contribution < -0.4 is 87.2 Å². The van der Waals surface area contributed by atoms with Gasteiger partial charge in [-0.05, 0) is 104 Å². The van der Waals surface area contributed by atoms with Gasteiger partial charge in [-0.25, -0.2) is 0 Å². The predicted octanol–water partition coefficient (Wildman–Crippen LogP) is -2.28. The van der Waals surface area contributed by atoms with E-state index in [1.165, 1.54) is 13.8 Å². The normalized spacial score (nSPS) is 22.0. The lowest BCUT2D eigenvalue weighted by Gasteiger charge is -2.28. The second-order valence-corrected chi connectivity index (χ2v) is 23.2. The third kappa shape index (κ3) is 33.0. The summed E-state index contributed by atoms with van der Waals surface area (Å²) >= 11 is 0. The molecule has 1 aliphatic heterocycles. The van der Waals surface area contributed by atoms with E-state index in [9.17, 15) is 63.0 Å². The number of hydrogen-bond donors (Lipinski definition) is 18. The second-order valence-electron chi connectivity index (χ2n) is 23.2. The number of aliphatic hydroxyl groups excluding tert-OH is 2. The average molecular weight is 1270 g/mol. The van der Waals surface area contributed by atoms with Gasteiger partial charge in [-0.3, -0.25) is 52.7 Å². The number of nitrogens with two attached hydrogens (primary N) is 5. The van der Waals surface area contributed by atoms with Gasteiger partial charge >= 0.3 is 0 Å². The van der Waals surface area contributed by atoms with Crippen molar-refractivity contribution in [1.82, 2.24) is 58.5 Å². The van der Waals surface area contributed by atoms with Gasteiger partial charge in [0.2, 0.25) is 65.0 Å². The van der Waals surface area contributed by atoms with Crippen LogP contribution in [0.15, 0.2) is 0 Å². The fourth-order valence-corrected chi connectivity index (χ4v) is 10.1. The molecule has 0 saturated carbocycles. The Morgan fingerprint density at radius 2 is 0.831 bits per heavy atom. The molecule has 89 heavy (non-hydrogen) atoms. The molecule has 2 unspecified atom stereocenters. The SMILES string of the molecule is CCCCCCCC[C@@H]1NC(=O)[C@@H](CCCCCCCC)NC(=O)[C@H](CCN)NC(=O)[C@@H](NC(=O)[C@H](CCN)NC(=O)[C@@H](NC(=O)[C@H](CCN)NC(=O)CCCCCCC)C(C)O)CCNC(=O)[C@H](C(C)O)NC(=O)[C@H](CCN)NC(=O)[C@H](CCN)NC1=O. The first kappa shape index (κ1) is 80.9. The van der Waals surface area contributed by atoms with Crippen LogP contribution in [0.2, 0.25) is 0 Å². The average Bonchev–Trinajstić information content (AvgIpc) is 3.69. The quantitative estimate of drug-likeness (QED) is 0.0288. The zero-order valence-corrected chi connectivity index (χ0v) is 53.8. The largest absolute Gasteiger partial charge is 0.391 e. The number of nitrogens with one attached hydrogen (secondary N) is 11. The molecular weight excluding hydrogens is 1150 g/mol. The molecule has 1 heterocycles. The van der Waals surface area contributed by atoms with E-state index in [1.807, 2.05) is 0 Å². The van der Waals surface area contributed by atoms with Crippen molar-refractivity contribution in [2.45, 2.75) is 274 Å². The number of rotatable bonds is 39. The highest BCUT2D eigenvalue weighted by Gasteiger charge is 2.37. The molecule has 1 fully saturated rings. The monoisotopic (exact) mass is 1270 g/mol. The predicted molar refractivity (Wildman–Crippen MR) is 338 cm³/mol. The Morgan fingerprint density at radius 3 is 1.24 bits per heavy atom. The molecule has 512 valence electrons. The fourth-order valence-electron chi connectivity index (χ4n) is 10.1. The van der Waals surface area contributed by atoms with Crippen LogP contribution in [0.1, 0.15) is 202 Å². The minimum absolute atomic E-state index is 0.00797. The van der Waals surface area contributed by atoms with E-state index in [0.717, 1.165) is 83.5 Å². The number of carbonyl (C=O) groups is 11. The van der Waals surface area contributed by atoms with Gasteiger partial charge in [0.15, 0.2) is 0 Å². The summed E-state index contributed by atoms with van der Waals surface area (Å²) < 4.78 is 0. The van der Waals surface area contributed by atoms with Crippen LogP contribution in [0.5, 0.6) is 0 Å². The van der Waals surface area contributed by atoms with Crippen molar-refractivity contribution in [3.8, 4) is 0 Å². The van der Waals surface area contributed by atoms with Gasteiger partial charge in [0.25, 0.3) is 0 Å². The molecule has 0 aromatic carbocycles. The summed E-state index contributed by atoms with van der Waals surface area (Å²) in [5, 5.41) is 50.2. The highest BCUT2D eigenvalue weighted by Crippen LogP contribution is 2.14. The fraction of sp³-hybridized carbons (Fsp3) is 0.817. The molecule has 0 aromatic heterocycles. The van der Waals surface area contributed by atoms with Gasteiger partial charge in [0, 0.05) is 13.0 Å². The van der Waals surface area contributed by atoms with Crippen LogP contribution >= 0.6 is 0 Å². The van der Waals surface area contributed by atoms with Crippen molar-refractivity contribution < 1.29 is 63.0 Å². The van der Waals surface area contributed by atoms with E-state index in [-0.39, 0.29) is 84.1 Å². The Bertz CT molecular complexity index is 2140. The van der Waals surface area contributed by atoms with E-state index < -0.39 is 151 Å². The van der Waals surface area contributed by atoms with Crippen molar-refractivity contribution in [1.29, 1.82) is 0 Å². The molecular formula is C60H114N16O13. The van der Waals surface area contributed by atoms with Crippen molar-refractivity contribution in [3.63, 3.8) is 0 Å². The number of aliphatic hydroxyl groups is 2. The van der Waals surface area contributed by atoms with Gasteiger partial charge < -0.3 is 97.4 Å². The van der Waals surface area contributed by atoms with Crippen molar-refractivity contribution in [2.75, 3.05) is 39.3 Å². The Morgan fingerprint density at radius 1 is 0.449 bits per heavy atom. The summed E-state index contributed by atoms with van der Waals surface area (Å²) in [7, 11) is 0. The lowest BCUT2D eigenvalue weighted by atomic mass is 10.0. The minimum Gasteiger partial charge on any atom is -0.391 e. The first-order valence-electron chi connectivity index (χ1n) is 32.7. The second kappa shape index (κ2) is 47.8. The third-order valence-electron chi connectivity index (χ3n) is 15.4. The summed E-state index contributed by atoms with van der Waals surface area (Å²) in [6.07, 6.45) is 10.6. The van der Waals surface area contributed by atoms with Gasteiger partial charge in [0.1, 0.15) is 60.4 Å². The summed E-state index contributed by atoms with van der Waals surface area (Å²) in [5.74, 6) is -9.34. The number of unbranched alkanes of at least 4 members (excludes halogenated alkanes) is 14. The molecule has 1 saturated heterocycles. The Balaban J connectivity index is 3.93. The standard InChI is InChI=1S/C60H114N16O13/c1-6-9-12-15-18-20-23-40-51(80)68-41(24-21-19-16-13-10-7-2)52(81)70-44(28-34-63)54(83)72-46(30-36-65)58(87)75-49(38(4)77)59(88)66-37-31-47(56(85)71-43(27-33-62)53(82)69-40)73-55(84)45(29-35-64)74-60(89)50(39(5)78)76-57(86)42(26-32-61)67-48(79)25-22-17-14-11-8-3/h38-47,49-50,77-78H,6-37,61-65H2,1-5H3,(H,66,88)(H,67,79)(H,68,80)(H,69,82)(H,70,81)(H,71,85)(H,72,83)(H,73,84)(H,74,89)(H,75,87)(H,76,86)/t38?,39?,40-,41+,42+,43+,44+,45+,46+,47+,49+,50+/m1/s1. The molecule has 1 rings (SSSR count). The highest BCUT2D eigenvalue weighted by molar-refractivity contribution is 5.99. The maximum atomic E-state index is 14.6. The molecule has 0 bridgehead atoms. The molecule has 0 aromatic rings. The van der Waals surface area contributed by atoms with E-state index >= 15 is 0 Å². The molecule has 29 heteroatoms. The first-order chi connectivity index (χ1) is 42.6. The van der Waals surface area contributed by atoms with Crippen LogP contribution in [0.3, 0.4) is 0 Å². The lowest BCUT2D eigenvalue weighted by molar-refractivity contribution is -0.137. The third-order valence-corrected chi connectivity index (χ3v) is 15.4. The molecule has 23 N–H and O–H groups in total. The van der Waals surface area contributed by atoms with Crippen molar-refractivity contribution >= 4 is 65.0 Å². The number of hydrogen-bond acceptors (Lipinski definition) is 18. The summed E-state index contributed by atoms with van der Waals surface area (Å²) in [6.45, 7) is 7.59.